The van der Waals surface area contributed by atoms with Gasteiger partial charge in [0.25, 0.3) is 5.91 Å². The molecule has 3 nitrogen and oxygen atoms in total. The lowest BCUT2D eigenvalue weighted by molar-refractivity contribution is -0.126. The summed E-state index contributed by atoms with van der Waals surface area (Å²) in [6.45, 7) is 0. The van der Waals surface area contributed by atoms with Crippen LogP contribution >= 0.6 is 0 Å². The zero-order chi connectivity index (χ0) is 10.4. The highest BCUT2D eigenvalue weighted by Crippen LogP contribution is 2.01. The van der Waals surface area contributed by atoms with Crippen LogP contribution in [0.5, 0.6) is 0 Å². The van der Waals surface area contributed by atoms with Gasteiger partial charge in [0.05, 0.1) is 0 Å². The van der Waals surface area contributed by atoms with E-state index < -0.39 is 12.0 Å². The van der Waals surface area contributed by atoms with Crippen LogP contribution in [0.25, 0.3) is 6.08 Å². The van der Waals surface area contributed by atoms with Crippen LogP contribution in [0.15, 0.2) is 36.4 Å². The predicted molar refractivity (Wildman–Crippen MR) is 55.5 cm³/mol. The molecule has 0 aliphatic rings. The van der Waals surface area contributed by atoms with Gasteiger partial charge in [-0.1, -0.05) is 36.4 Å². The number of carbonyl (C=O) groups excluding carboxylic acids is 1. The molecule has 0 aliphatic carbocycles. The molecule has 0 heterocycles. The molecule has 0 aliphatic heterocycles. The molecule has 0 saturated carbocycles. The second kappa shape index (κ2) is 5.19. The van der Waals surface area contributed by atoms with Crippen LogP contribution in [-0.4, -0.2) is 24.2 Å². The predicted octanol–water partition coefficient (Wildman–Crippen LogP) is 0.807. The molecule has 0 bridgehead atoms. The fourth-order valence-electron chi connectivity index (χ4n) is 1.00. The monoisotopic (exact) mass is 191 g/mol. The number of aliphatic hydroxyl groups excluding tert-OH is 1. The van der Waals surface area contributed by atoms with E-state index in [0.29, 0.717) is 0 Å². The maximum atomic E-state index is 10.9. The molecule has 14 heavy (non-hydrogen) atoms. The van der Waals surface area contributed by atoms with Crippen molar-refractivity contribution in [2.45, 2.75) is 6.10 Å². The Morgan fingerprint density at radius 1 is 1.43 bits per heavy atom. The number of hydrogen-bond acceptors (Lipinski definition) is 2. The van der Waals surface area contributed by atoms with Crippen LogP contribution in [0.1, 0.15) is 5.56 Å². The molecule has 1 aromatic rings. The van der Waals surface area contributed by atoms with Gasteiger partial charge < -0.3 is 10.4 Å². The van der Waals surface area contributed by atoms with Gasteiger partial charge in [0.1, 0.15) is 0 Å². The van der Waals surface area contributed by atoms with Crippen LogP contribution in [0.4, 0.5) is 0 Å². The van der Waals surface area contributed by atoms with Crippen LogP contribution in [-0.2, 0) is 4.79 Å². The molecule has 1 amide bonds. The Labute approximate surface area is 83.1 Å². The summed E-state index contributed by atoms with van der Waals surface area (Å²) < 4.78 is 0. The van der Waals surface area contributed by atoms with Crippen molar-refractivity contribution in [2.75, 3.05) is 7.05 Å². The molecular formula is C11H13NO2. The number of benzene rings is 1. The summed E-state index contributed by atoms with van der Waals surface area (Å²) in [5, 5.41) is 11.6. The largest absolute Gasteiger partial charge is 0.379 e. The third kappa shape index (κ3) is 3.03. The van der Waals surface area contributed by atoms with E-state index in [1.807, 2.05) is 30.3 Å². The quantitative estimate of drug-likeness (QED) is 0.742. The van der Waals surface area contributed by atoms with Crippen LogP contribution in [0, 0.1) is 0 Å². The highest BCUT2D eigenvalue weighted by molar-refractivity contribution is 5.83. The highest BCUT2D eigenvalue weighted by Gasteiger charge is 2.07. The first-order valence-corrected chi connectivity index (χ1v) is 4.37. The topological polar surface area (TPSA) is 49.3 Å². The van der Waals surface area contributed by atoms with Crippen molar-refractivity contribution >= 4 is 12.0 Å². The van der Waals surface area contributed by atoms with Gasteiger partial charge in [-0.3, -0.25) is 4.79 Å². The fraction of sp³-hybridized carbons (Fsp3) is 0.182. The maximum absolute atomic E-state index is 10.9. The number of carbonyl (C=O) groups is 1. The summed E-state index contributed by atoms with van der Waals surface area (Å²) in [7, 11) is 1.49. The molecule has 3 heteroatoms. The lowest BCUT2D eigenvalue weighted by atomic mass is 10.2. The lowest BCUT2D eigenvalue weighted by Crippen LogP contribution is -2.29. The molecule has 0 saturated heterocycles. The van der Waals surface area contributed by atoms with E-state index in [0.717, 1.165) is 5.56 Å². The minimum atomic E-state index is -1.08. The Balaban J connectivity index is 2.60. The zero-order valence-electron chi connectivity index (χ0n) is 7.97. The van der Waals surface area contributed by atoms with Crippen molar-refractivity contribution in [3.63, 3.8) is 0 Å². The van der Waals surface area contributed by atoms with Crippen molar-refractivity contribution in [3.05, 3.63) is 42.0 Å². The molecule has 0 spiro atoms. The van der Waals surface area contributed by atoms with Gasteiger partial charge >= 0.3 is 0 Å². The second-order valence-corrected chi connectivity index (χ2v) is 2.83. The molecule has 74 valence electrons. The van der Waals surface area contributed by atoms with Gasteiger partial charge in [-0.05, 0) is 11.6 Å². The summed E-state index contributed by atoms with van der Waals surface area (Å²) in [5.41, 5.74) is 0.954. The number of nitrogens with one attached hydrogen (secondary N) is 1. The standard InChI is InChI=1S/C11H13NO2/c1-12-11(14)10(13)8-7-9-5-3-2-4-6-9/h2-8,10,13H,1H3,(H,12,14)/b8-7+. The smallest absolute Gasteiger partial charge is 0.252 e. The Hall–Kier alpha value is -1.61. The number of likely N-dealkylation sites (N-methyl/N-ethyl adjacent to an activating group) is 1. The van der Waals surface area contributed by atoms with Gasteiger partial charge in [-0.2, -0.15) is 0 Å². The SMILES string of the molecule is CNC(=O)C(O)/C=C/c1ccccc1. The van der Waals surface area contributed by atoms with Crippen molar-refractivity contribution in [3.8, 4) is 0 Å². The molecule has 1 rings (SSSR count). The first-order chi connectivity index (χ1) is 6.74. The van der Waals surface area contributed by atoms with Gasteiger partial charge in [-0.25, -0.2) is 0 Å². The van der Waals surface area contributed by atoms with Crippen molar-refractivity contribution in [1.82, 2.24) is 5.32 Å². The molecule has 1 unspecified atom stereocenters. The minimum absolute atomic E-state index is 0.405. The number of hydrogen-bond donors (Lipinski definition) is 2. The highest BCUT2D eigenvalue weighted by atomic mass is 16.3. The summed E-state index contributed by atoms with van der Waals surface area (Å²) in [4.78, 5) is 10.9. The van der Waals surface area contributed by atoms with E-state index in [2.05, 4.69) is 5.32 Å². The third-order valence-corrected chi connectivity index (χ3v) is 1.79. The van der Waals surface area contributed by atoms with Crippen molar-refractivity contribution < 1.29 is 9.90 Å². The van der Waals surface area contributed by atoms with E-state index in [4.69, 9.17) is 0 Å². The fourth-order valence-corrected chi connectivity index (χ4v) is 1.00. The minimum Gasteiger partial charge on any atom is -0.379 e. The Kier molecular flexibility index (Phi) is 3.88. The van der Waals surface area contributed by atoms with Gasteiger partial charge in [0, 0.05) is 7.05 Å². The normalized spacial score (nSPS) is 12.7. The van der Waals surface area contributed by atoms with E-state index >= 15 is 0 Å². The zero-order valence-corrected chi connectivity index (χ0v) is 7.97. The Bertz CT molecular complexity index is 319. The van der Waals surface area contributed by atoms with Crippen molar-refractivity contribution in [2.24, 2.45) is 0 Å². The average molecular weight is 191 g/mol. The Morgan fingerprint density at radius 2 is 2.07 bits per heavy atom. The molecular weight excluding hydrogens is 178 g/mol. The van der Waals surface area contributed by atoms with Crippen LogP contribution in [0.2, 0.25) is 0 Å². The summed E-state index contributed by atoms with van der Waals surface area (Å²) in [6, 6.07) is 9.49. The first-order valence-electron chi connectivity index (χ1n) is 4.37. The second-order valence-electron chi connectivity index (χ2n) is 2.83. The first kappa shape index (κ1) is 10.5. The number of amides is 1. The van der Waals surface area contributed by atoms with Crippen molar-refractivity contribution in [1.29, 1.82) is 0 Å². The molecule has 0 radical (unpaired) electrons. The van der Waals surface area contributed by atoms with E-state index in [1.54, 1.807) is 6.08 Å². The van der Waals surface area contributed by atoms with Crippen LogP contribution in [0.3, 0.4) is 0 Å². The molecule has 0 aromatic heterocycles. The molecule has 0 fully saturated rings. The molecule has 1 atom stereocenters. The van der Waals surface area contributed by atoms with E-state index in [9.17, 15) is 9.90 Å². The van der Waals surface area contributed by atoms with E-state index in [1.165, 1.54) is 13.1 Å². The Morgan fingerprint density at radius 3 is 2.64 bits per heavy atom. The number of aliphatic hydroxyl groups is 1. The summed E-state index contributed by atoms with van der Waals surface area (Å²) in [5.74, 6) is -0.405. The van der Waals surface area contributed by atoms with Crippen LogP contribution < -0.4 is 5.32 Å². The summed E-state index contributed by atoms with van der Waals surface area (Å²) >= 11 is 0. The van der Waals surface area contributed by atoms with Gasteiger partial charge in [-0.15, -0.1) is 0 Å². The lowest BCUT2D eigenvalue weighted by Gasteiger charge is -2.02. The molecule has 2 N–H and O–H groups in total. The summed E-state index contributed by atoms with van der Waals surface area (Å²) in [6.07, 6.45) is 2.08. The van der Waals surface area contributed by atoms with Gasteiger partial charge in [0.2, 0.25) is 0 Å². The molecule has 1 aromatic carbocycles. The maximum Gasteiger partial charge on any atom is 0.252 e. The van der Waals surface area contributed by atoms with Gasteiger partial charge in [0.15, 0.2) is 6.10 Å². The van der Waals surface area contributed by atoms with E-state index in [-0.39, 0.29) is 0 Å². The number of rotatable bonds is 3. The average Bonchev–Trinajstić information content (AvgIpc) is 2.26. The third-order valence-electron chi connectivity index (χ3n) is 1.79.